The molecule has 0 radical (unpaired) electrons. The van der Waals surface area contributed by atoms with Gasteiger partial charge in [-0.1, -0.05) is 18.6 Å². The highest BCUT2D eigenvalue weighted by Gasteiger charge is 2.29. The van der Waals surface area contributed by atoms with Crippen LogP contribution in [-0.2, 0) is 4.79 Å². The van der Waals surface area contributed by atoms with Crippen molar-refractivity contribution in [1.82, 2.24) is 5.32 Å². The lowest BCUT2D eigenvalue weighted by atomic mass is 10.0. The van der Waals surface area contributed by atoms with E-state index in [1.807, 2.05) is 36.9 Å². The molecule has 1 fully saturated rings. The van der Waals surface area contributed by atoms with Crippen LogP contribution in [0.15, 0.2) is 18.2 Å². The molecule has 1 aromatic carbocycles. The molecular weight excluding hydrogens is 228 g/mol. The number of carbonyl (C=O) groups is 2. The van der Waals surface area contributed by atoms with Crippen LogP contribution in [0.4, 0.5) is 5.69 Å². The molecule has 0 aromatic heterocycles. The monoisotopic (exact) mass is 246 g/mol. The fraction of sp³-hybridized carbons (Fsp3) is 0.429. The average molecular weight is 246 g/mol. The topological polar surface area (TPSA) is 49.4 Å². The highest BCUT2D eigenvalue weighted by molar-refractivity contribution is 5.90. The molecule has 1 N–H and O–H groups in total. The molecule has 1 amide bonds. The Morgan fingerprint density at radius 1 is 1.50 bits per heavy atom. The molecule has 1 atom stereocenters. The molecule has 4 nitrogen and oxygen atoms in total. The van der Waals surface area contributed by atoms with Crippen molar-refractivity contribution in [3.05, 3.63) is 29.3 Å². The first-order valence-electron chi connectivity index (χ1n) is 6.27. The van der Waals surface area contributed by atoms with Crippen molar-refractivity contribution in [2.24, 2.45) is 0 Å². The van der Waals surface area contributed by atoms with Crippen LogP contribution in [0.3, 0.4) is 0 Å². The molecule has 1 aromatic rings. The predicted molar refractivity (Wildman–Crippen MR) is 71.0 cm³/mol. The van der Waals surface area contributed by atoms with Gasteiger partial charge in [0, 0.05) is 24.3 Å². The van der Waals surface area contributed by atoms with Crippen LogP contribution in [-0.4, -0.2) is 31.3 Å². The van der Waals surface area contributed by atoms with Gasteiger partial charge in [0.2, 0.25) is 5.91 Å². The van der Waals surface area contributed by atoms with Crippen LogP contribution in [0.5, 0.6) is 0 Å². The van der Waals surface area contributed by atoms with E-state index >= 15 is 0 Å². The lowest BCUT2D eigenvalue weighted by Crippen LogP contribution is -2.55. The van der Waals surface area contributed by atoms with E-state index in [9.17, 15) is 9.59 Å². The van der Waals surface area contributed by atoms with Crippen LogP contribution in [0, 0.1) is 6.92 Å². The van der Waals surface area contributed by atoms with E-state index in [2.05, 4.69) is 5.32 Å². The van der Waals surface area contributed by atoms with Gasteiger partial charge in [0.05, 0.1) is 0 Å². The van der Waals surface area contributed by atoms with E-state index in [1.165, 1.54) is 0 Å². The van der Waals surface area contributed by atoms with E-state index in [0.717, 1.165) is 30.5 Å². The molecule has 18 heavy (non-hydrogen) atoms. The van der Waals surface area contributed by atoms with Crippen LogP contribution in [0.25, 0.3) is 0 Å². The maximum absolute atomic E-state index is 11.8. The van der Waals surface area contributed by atoms with Crippen LogP contribution < -0.4 is 10.2 Å². The first-order chi connectivity index (χ1) is 8.67. The van der Waals surface area contributed by atoms with E-state index in [1.54, 1.807) is 0 Å². The summed E-state index contributed by atoms with van der Waals surface area (Å²) in [5, 5.41) is 2.86. The summed E-state index contributed by atoms with van der Waals surface area (Å²) in [4.78, 5) is 25.0. The number of nitrogens with zero attached hydrogens (tertiary/aromatic N) is 1. The second kappa shape index (κ2) is 5.21. The Labute approximate surface area is 107 Å². The Kier molecular flexibility index (Phi) is 3.65. The van der Waals surface area contributed by atoms with Crippen molar-refractivity contribution >= 4 is 17.9 Å². The summed E-state index contributed by atoms with van der Waals surface area (Å²) in [5.41, 5.74) is 2.57. The third-order valence-electron chi connectivity index (χ3n) is 3.34. The number of aldehydes is 1. The van der Waals surface area contributed by atoms with Crippen LogP contribution in [0.2, 0.25) is 0 Å². The predicted octanol–water partition coefficient (Wildman–Crippen LogP) is 1.52. The minimum Gasteiger partial charge on any atom is -0.357 e. The zero-order chi connectivity index (χ0) is 13.1. The Bertz CT molecular complexity index is 471. The molecule has 1 heterocycles. The molecule has 0 bridgehead atoms. The molecule has 1 aliphatic rings. The molecule has 1 aliphatic heterocycles. The van der Waals surface area contributed by atoms with Gasteiger partial charge in [-0.2, -0.15) is 0 Å². The molecule has 4 heteroatoms. The fourth-order valence-corrected chi connectivity index (χ4v) is 2.44. The van der Waals surface area contributed by atoms with Gasteiger partial charge in [-0.3, -0.25) is 9.59 Å². The summed E-state index contributed by atoms with van der Waals surface area (Å²) in [7, 11) is 0. The number of aryl methyl sites for hydroxylation is 1. The molecule has 0 aliphatic carbocycles. The fourth-order valence-electron chi connectivity index (χ4n) is 2.44. The SMILES string of the molecule is CCC1C(=O)NCCN1c1ccc(C)cc1C=O. The van der Waals surface area contributed by atoms with Gasteiger partial charge in [0.15, 0.2) is 6.29 Å². The number of carbonyl (C=O) groups excluding carboxylic acids is 2. The third kappa shape index (κ3) is 2.23. The summed E-state index contributed by atoms with van der Waals surface area (Å²) in [6.45, 7) is 5.31. The highest BCUT2D eigenvalue weighted by Crippen LogP contribution is 2.24. The number of anilines is 1. The Balaban J connectivity index is 2.40. The normalized spacial score (nSPS) is 19.6. The lowest BCUT2D eigenvalue weighted by molar-refractivity contribution is -0.123. The first-order valence-corrected chi connectivity index (χ1v) is 6.27. The molecular formula is C14H18N2O2. The number of amides is 1. The van der Waals surface area contributed by atoms with Crippen molar-refractivity contribution in [1.29, 1.82) is 0 Å². The Morgan fingerprint density at radius 3 is 2.94 bits per heavy atom. The number of hydrogen-bond acceptors (Lipinski definition) is 3. The summed E-state index contributed by atoms with van der Waals surface area (Å²) in [6, 6.07) is 5.59. The highest BCUT2D eigenvalue weighted by atomic mass is 16.2. The van der Waals surface area contributed by atoms with E-state index < -0.39 is 0 Å². The van der Waals surface area contributed by atoms with Gasteiger partial charge < -0.3 is 10.2 Å². The van der Waals surface area contributed by atoms with E-state index in [0.29, 0.717) is 12.1 Å². The third-order valence-corrected chi connectivity index (χ3v) is 3.34. The molecule has 0 saturated carbocycles. The standard InChI is InChI=1S/C14H18N2O2/c1-3-12-14(18)15-6-7-16(12)13-5-4-10(2)8-11(13)9-17/h4-5,8-9,12H,3,6-7H2,1-2H3,(H,15,18). The van der Waals surface area contributed by atoms with Crippen molar-refractivity contribution in [3.63, 3.8) is 0 Å². The first kappa shape index (κ1) is 12.6. The second-order valence-electron chi connectivity index (χ2n) is 4.59. The minimum atomic E-state index is -0.180. The van der Waals surface area contributed by atoms with E-state index in [4.69, 9.17) is 0 Å². The smallest absolute Gasteiger partial charge is 0.242 e. The maximum atomic E-state index is 11.8. The van der Waals surface area contributed by atoms with Crippen molar-refractivity contribution in [2.75, 3.05) is 18.0 Å². The van der Waals surface area contributed by atoms with Crippen molar-refractivity contribution in [3.8, 4) is 0 Å². The van der Waals surface area contributed by atoms with Gasteiger partial charge in [-0.15, -0.1) is 0 Å². The summed E-state index contributed by atoms with van der Waals surface area (Å²) < 4.78 is 0. The number of rotatable bonds is 3. The maximum Gasteiger partial charge on any atom is 0.242 e. The quantitative estimate of drug-likeness (QED) is 0.823. The summed E-state index contributed by atoms with van der Waals surface area (Å²) in [5.74, 6) is 0.0428. The Morgan fingerprint density at radius 2 is 2.28 bits per heavy atom. The van der Waals surface area contributed by atoms with Gasteiger partial charge in [-0.05, 0) is 25.5 Å². The van der Waals surface area contributed by atoms with Gasteiger partial charge in [0.1, 0.15) is 6.04 Å². The lowest BCUT2D eigenvalue weighted by Gasteiger charge is -2.37. The average Bonchev–Trinajstić information content (AvgIpc) is 2.38. The van der Waals surface area contributed by atoms with Crippen LogP contribution >= 0.6 is 0 Å². The van der Waals surface area contributed by atoms with Crippen LogP contribution in [0.1, 0.15) is 29.3 Å². The van der Waals surface area contributed by atoms with Crippen molar-refractivity contribution in [2.45, 2.75) is 26.3 Å². The largest absolute Gasteiger partial charge is 0.357 e. The number of nitrogens with one attached hydrogen (secondary N) is 1. The Hall–Kier alpha value is -1.84. The summed E-state index contributed by atoms with van der Waals surface area (Å²) >= 11 is 0. The number of hydrogen-bond donors (Lipinski definition) is 1. The minimum absolute atomic E-state index is 0.0428. The summed E-state index contributed by atoms with van der Waals surface area (Å²) in [6.07, 6.45) is 1.60. The van der Waals surface area contributed by atoms with Gasteiger partial charge in [-0.25, -0.2) is 0 Å². The number of benzene rings is 1. The molecule has 96 valence electrons. The molecule has 2 rings (SSSR count). The molecule has 1 saturated heterocycles. The van der Waals surface area contributed by atoms with Gasteiger partial charge >= 0.3 is 0 Å². The molecule has 1 unspecified atom stereocenters. The molecule has 0 spiro atoms. The van der Waals surface area contributed by atoms with Crippen molar-refractivity contribution < 1.29 is 9.59 Å². The van der Waals surface area contributed by atoms with Gasteiger partial charge in [0.25, 0.3) is 0 Å². The zero-order valence-electron chi connectivity index (χ0n) is 10.8. The second-order valence-corrected chi connectivity index (χ2v) is 4.59. The number of piperazine rings is 1. The zero-order valence-corrected chi connectivity index (χ0v) is 10.8. The van der Waals surface area contributed by atoms with E-state index in [-0.39, 0.29) is 11.9 Å².